The third kappa shape index (κ3) is 8.73. The SMILES string of the molecule is COc1ccc(N2CCN(C(=O)C(Cc3ccc(OCc4ccccc4)cc3)NC(=O)CCC(C)C(N)=O)CC2)cc1. The van der Waals surface area contributed by atoms with Crippen LogP contribution in [0.4, 0.5) is 5.69 Å². The Morgan fingerprint density at radius 2 is 1.50 bits per heavy atom. The topological polar surface area (TPSA) is 114 Å². The Balaban J connectivity index is 1.39. The predicted octanol–water partition coefficient (Wildman–Crippen LogP) is 3.55. The predicted molar refractivity (Wildman–Crippen MR) is 162 cm³/mol. The van der Waals surface area contributed by atoms with Crippen molar-refractivity contribution in [3.8, 4) is 11.5 Å². The molecule has 0 aliphatic carbocycles. The number of piperazine rings is 1. The summed E-state index contributed by atoms with van der Waals surface area (Å²) in [5.41, 5.74) is 8.41. The van der Waals surface area contributed by atoms with Gasteiger partial charge in [0.15, 0.2) is 0 Å². The molecule has 0 spiro atoms. The van der Waals surface area contributed by atoms with E-state index < -0.39 is 17.9 Å². The molecule has 3 aromatic rings. The molecule has 3 N–H and O–H groups in total. The van der Waals surface area contributed by atoms with Crippen molar-refractivity contribution in [1.82, 2.24) is 10.2 Å². The third-order valence-electron chi connectivity index (χ3n) is 7.56. The highest BCUT2D eigenvalue weighted by molar-refractivity contribution is 5.88. The standard InChI is InChI=1S/C33H40N4O5/c1-24(32(34)39)8-17-31(38)35-30(22-25-9-13-29(14-10-25)42-23-26-6-4-3-5-7-26)33(40)37-20-18-36(19-21-37)27-11-15-28(41-2)16-12-27/h3-7,9-16,24,30H,8,17-23H2,1-2H3,(H2,34,39)(H,35,38). The molecular formula is C33H40N4O5. The van der Waals surface area contributed by atoms with E-state index in [1.807, 2.05) is 83.8 Å². The van der Waals surface area contributed by atoms with Crippen LogP contribution >= 0.6 is 0 Å². The molecule has 1 heterocycles. The molecule has 0 bridgehead atoms. The molecule has 1 aliphatic heterocycles. The second-order valence-corrected chi connectivity index (χ2v) is 10.6. The average Bonchev–Trinajstić information content (AvgIpc) is 3.03. The van der Waals surface area contributed by atoms with E-state index in [0.717, 1.165) is 28.3 Å². The summed E-state index contributed by atoms with van der Waals surface area (Å²) in [5, 5.41) is 2.93. The second kappa shape index (κ2) is 14.9. The largest absolute Gasteiger partial charge is 0.497 e. The van der Waals surface area contributed by atoms with E-state index in [1.165, 1.54) is 0 Å². The van der Waals surface area contributed by atoms with Crippen LogP contribution in [0, 0.1) is 5.92 Å². The van der Waals surface area contributed by atoms with Gasteiger partial charge < -0.3 is 30.3 Å². The first kappa shape index (κ1) is 30.4. The van der Waals surface area contributed by atoms with Gasteiger partial charge in [-0.1, -0.05) is 49.4 Å². The average molecular weight is 573 g/mol. The fourth-order valence-electron chi connectivity index (χ4n) is 4.85. The van der Waals surface area contributed by atoms with E-state index in [0.29, 0.717) is 45.6 Å². The van der Waals surface area contributed by atoms with Crippen LogP contribution in [-0.4, -0.2) is 62.0 Å². The van der Waals surface area contributed by atoms with Gasteiger partial charge in [0.25, 0.3) is 0 Å². The van der Waals surface area contributed by atoms with Crippen LogP contribution in [0.15, 0.2) is 78.9 Å². The smallest absolute Gasteiger partial charge is 0.245 e. The minimum atomic E-state index is -0.731. The number of methoxy groups -OCH3 is 1. The zero-order valence-electron chi connectivity index (χ0n) is 24.3. The van der Waals surface area contributed by atoms with Crippen molar-refractivity contribution >= 4 is 23.4 Å². The minimum Gasteiger partial charge on any atom is -0.497 e. The highest BCUT2D eigenvalue weighted by Gasteiger charge is 2.29. The number of anilines is 1. The highest BCUT2D eigenvalue weighted by Crippen LogP contribution is 2.21. The van der Waals surface area contributed by atoms with Gasteiger partial charge in [0.2, 0.25) is 17.7 Å². The van der Waals surface area contributed by atoms with Gasteiger partial charge in [0, 0.05) is 50.6 Å². The number of rotatable bonds is 13. The van der Waals surface area contributed by atoms with Crippen LogP contribution in [0.3, 0.4) is 0 Å². The van der Waals surface area contributed by atoms with Crippen molar-refractivity contribution in [2.24, 2.45) is 11.7 Å². The maximum atomic E-state index is 13.7. The zero-order chi connectivity index (χ0) is 29.9. The van der Waals surface area contributed by atoms with Crippen molar-refractivity contribution in [2.75, 3.05) is 38.2 Å². The lowest BCUT2D eigenvalue weighted by atomic mass is 10.0. The summed E-state index contributed by atoms with van der Waals surface area (Å²) >= 11 is 0. The molecule has 4 rings (SSSR count). The van der Waals surface area contributed by atoms with Gasteiger partial charge in [-0.2, -0.15) is 0 Å². The third-order valence-corrected chi connectivity index (χ3v) is 7.56. The number of amides is 3. The lowest BCUT2D eigenvalue weighted by Crippen LogP contribution is -2.55. The summed E-state index contributed by atoms with van der Waals surface area (Å²) in [6, 6.07) is 24.7. The molecule has 0 aromatic heterocycles. The van der Waals surface area contributed by atoms with E-state index in [4.69, 9.17) is 15.2 Å². The molecule has 9 nitrogen and oxygen atoms in total. The Hall–Kier alpha value is -4.53. The van der Waals surface area contributed by atoms with Gasteiger partial charge in [-0.25, -0.2) is 0 Å². The molecule has 1 saturated heterocycles. The molecule has 3 aromatic carbocycles. The summed E-state index contributed by atoms with van der Waals surface area (Å²) in [6.45, 7) is 4.61. The molecule has 1 aliphatic rings. The van der Waals surface area contributed by atoms with Crippen molar-refractivity contribution < 1.29 is 23.9 Å². The number of hydrogen-bond acceptors (Lipinski definition) is 6. The molecule has 1 fully saturated rings. The van der Waals surface area contributed by atoms with E-state index in [-0.39, 0.29) is 18.2 Å². The van der Waals surface area contributed by atoms with Crippen LogP contribution in [0.2, 0.25) is 0 Å². The Labute approximate surface area is 247 Å². The van der Waals surface area contributed by atoms with E-state index in [1.54, 1.807) is 14.0 Å². The first-order chi connectivity index (χ1) is 20.3. The fraction of sp³-hybridized carbons (Fsp3) is 0.364. The Kier molecular flexibility index (Phi) is 10.8. The number of primary amides is 1. The monoisotopic (exact) mass is 572 g/mol. The number of carbonyl (C=O) groups excluding carboxylic acids is 3. The normalized spacial score (nSPS) is 14.5. The zero-order valence-corrected chi connectivity index (χ0v) is 24.3. The quantitative estimate of drug-likeness (QED) is 0.324. The molecule has 2 atom stereocenters. The number of ether oxygens (including phenoxy) is 2. The molecule has 42 heavy (non-hydrogen) atoms. The van der Waals surface area contributed by atoms with Gasteiger partial charge >= 0.3 is 0 Å². The second-order valence-electron chi connectivity index (χ2n) is 10.6. The van der Waals surface area contributed by atoms with Crippen LogP contribution in [0.1, 0.15) is 30.9 Å². The minimum absolute atomic E-state index is 0.116. The van der Waals surface area contributed by atoms with Crippen molar-refractivity contribution in [2.45, 2.75) is 38.8 Å². The van der Waals surface area contributed by atoms with Crippen LogP contribution in [0.5, 0.6) is 11.5 Å². The van der Waals surface area contributed by atoms with Gasteiger partial charge in [-0.3, -0.25) is 14.4 Å². The molecule has 0 radical (unpaired) electrons. The maximum Gasteiger partial charge on any atom is 0.245 e. The van der Waals surface area contributed by atoms with Crippen LogP contribution in [0.25, 0.3) is 0 Å². The van der Waals surface area contributed by atoms with E-state index in [2.05, 4.69) is 10.2 Å². The van der Waals surface area contributed by atoms with Gasteiger partial charge in [0.05, 0.1) is 7.11 Å². The number of hydrogen-bond donors (Lipinski definition) is 2. The van der Waals surface area contributed by atoms with Crippen molar-refractivity contribution in [1.29, 1.82) is 0 Å². The Morgan fingerprint density at radius 3 is 2.12 bits per heavy atom. The fourth-order valence-corrected chi connectivity index (χ4v) is 4.85. The first-order valence-electron chi connectivity index (χ1n) is 14.3. The van der Waals surface area contributed by atoms with Crippen molar-refractivity contribution in [3.63, 3.8) is 0 Å². The van der Waals surface area contributed by atoms with Crippen LogP contribution < -0.4 is 25.4 Å². The summed E-state index contributed by atoms with van der Waals surface area (Å²) in [5.74, 6) is 0.266. The van der Waals surface area contributed by atoms with Gasteiger partial charge in [0.1, 0.15) is 24.1 Å². The number of nitrogens with zero attached hydrogens (tertiary/aromatic N) is 2. The maximum absolute atomic E-state index is 13.7. The molecule has 0 saturated carbocycles. The van der Waals surface area contributed by atoms with Gasteiger partial charge in [-0.15, -0.1) is 0 Å². The Bertz CT molecular complexity index is 1310. The lowest BCUT2D eigenvalue weighted by molar-refractivity contribution is -0.137. The summed E-state index contributed by atoms with van der Waals surface area (Å²) in [7, 11) is 1.64. The molecule has 3 amide bonds. The molecule has 9 heteroatoms. The van der Waals surface area contributed by atoms with E-state index >= 15 is 0 Å². The summed E-state index contributed by atoms with van der Waals surface area (Å²) < 4.78 is 11.2. The lowest BCUT2D eigenvalue weighted by Gasteiger charge is -2.37. The molecule has 2 unspecified atom stereocenters. The Morgan fingerprint density at radius 1 is 0.857 bits per heavy atom. The van der Waals surface area contributed by atoms with Crippen molar-refractivity contribution in [3.05, 3.63) is 90.0 Å². The number of carbonyl (C=O) groups is 3. The van der Waals surface area contributed by atoms with E-state index in [9.17, 15) is 14.4 Å². The van der Waals surface area contributed by atoms with Crippen LogP contribution in [-0.2, 0) is 27.4 Å². The number of nitrogens with two attached hydrogens (primary N) is 1. The molecule has 222 valence electrons. The first-order valence-corrected chi connectivity index (χ1v) is 14.3. The highest BCUT2D eigenvalue weighted by atomic mass is 16.5. The number of nitrogens with one attached hydrogen (secondary N) is 1. The molecular weight excluding hydrogens is 532 g/mol. The van der Waals surface area contributed by atoms with Gasteiger partial charge in [-0.05, 0) is 53.9 Å². The summed E-state index contributed by atoms with van der Waals surface area (Å²) in [4.78, 5) is 42.0. The number of benzene rings is 3. The summed E-state index contributed by atoms with van der Waals surface area (Å²) in [6.07, 6.45) is 0.787.